The van der Waals surface area contributed by atoms with E-state index in [1.165, 1.54) is 0 Å². The summed E-state index contributed by atoms with van der Waals surface area (Å²) < 4.78 is 0. The van der Waals surface area contributed by atoms with E-state index >= 15 is 0 Å². The van der Waals surface area contributed by atoms with Gasteiger partial charge in [-0.3, -0.25) is 4.79 Å². The summed E-state index contributed by atoms with van der Waals surface area (Å²) in [6, 6.07) is 7.67. The van der Waals surface area contributed by atoms with Crippen molar-refractivity contribution in [1.82, 2.24) is 5.32 Å². The van der Waals surface area contributed by atoms with Crippen LogP contribution < -0.4 is 5.32 Å². The number of rotatable bonds is 5. The lowest BCUT2D eigenvalue weighted by Crippen LogP contribution is -2.40. The summed E-state index contributed by atoms with van der Waals surface area (Å²) in [5.41, 5.74) is 1.48. The van der Waals surface area contributed by atoms with Crippen molar-refractivity contribution in [2.45, 2.75) is 26.3 Å². The summed E-state index contributed by atoms with van der Waals surface area (Å²) in [6.45, 7) is 3.77. The van der Waals surface area contributed by atoms with E-state index in [2.05, 4.69) is 5.32 Å². The molecule has 4 nitrogen and oxygen atoms in total. The summed E-state index contributed by atoms with van der Waals surface area (Å²) in [5, 5.41) is 11.5. The normalized spacial score (nSPS) is 11.4. The first-order valence-corrected chi connectivity index (χ1v) is 5.73. The minimum absolute atomic E-state index is 0.288. The summed E-state index contributed by atoms with van der Waals surface area (Å²) >= 11 is 0. The standard InChI is InChI=1S/C14H17NO3/c1-10(2)8-9-12(14(17)18)15-13(16)11-6-4-3-5-7-11/h3-8,12H,9H2,1-2H3,(H,15,16)(H,17,18). The molecule has 1 unspecified atom stereocenters. The van der Waals surface area contributed by atoms with Crippen LogP contribution in [0.4, 0.5) is 0 Å². The van der Waals surface area contributed by atoms with Gasteiger partial charge in [0.25, 0.3) is 5.91 Å². The zero-order valence-electron chi connectivity index (χ0n) is 10.5. The predicted molar refractivity (Wildman–Crippen MR) is 69.4 cm³/mol. The Morgan fingerprint density at radius 2 is 1.89 bits per heavy atom. The fourth-order valence-corrected chi connectivity index (χ4v) is 1.41. The molecule has 1 rings (SSSR count). The Morgan fingerprint density at radius 3 is 2.39 bits per heavy atom. The highest BCUT2D eigenvalue weighted by atomic mass is 16.4. The second kappa shape index (κ2) is 6.59. The van der Waals surface area contributed by atoms with Crippen LogP contribution in [0.25, 0.3) is 0 Å². The van der Waals surface area contributed by atoms with Crippen molar-refractivity contribution in [3.05, 3.63) is 47.5 Å². The summed E-state index contributed by atoms with van der Waals surface area (Å²) in [7, 11) is 0. The Bertz CT molecular complexity index is 447. The number of aliphatic carboxylic acids is 1. The minimum Gasteiger partial charge on any atom is -0.480 e. The third kappa shape index (κ3) is 4.41. The molecule has 0 aliphatic rings. The highest BCUT2D eigenvalue weighted by molar-refractivity contribution is 5.96. The Hall–Kier alpha value is -2.10. The maximum Gasteiger partial charge on any atom is 0.326 e. The zero-order chi connectivity index (χ0) is 13.5. The molecule has 1 amide bonds. The average molecular weight is 247 g/mol. The van der Waals surface area contributed by atoms with Crippen molar-refractivity contribution in [2.75, 3.05) is 0 Å². The van der Waals surface area contributed by atoms with Gasteiger partial charge in [-0.25, -0.2) is 4.79 Å². The maximum atomic E-state index is 11.8. The maximum absolute atomic E-state index is 11.8. The molecule has 96 valence electrons. The third-order valence-electron chi connectivity index (χ3n) is 2.40. The van der Waals surface area contributed by atoms with Gasteiger partial charge in [0.05, 0.1) is 0 Å². The van der Waals surface area contributed by atoms with Gasteiger partial charge in [0, 0.05) is 5.56 Å². The lowest BCUT2D eigenvalue weighted by atomic mass is 10.1. The molecule has 0 spiro atoms. The first-order valence-electron chi connectivity index (χ1n) is 5.73. The van der Waals surface area contributed by atoms with Gasteiger partial charge in [-0.2, -0.15) is 0 Å². The largest absolute Gasteiger partial charge is 0.480 e. The van der Waals surface area contributed by atoms with Crippen LogP contribution in [0, 0.1) is 0 Å². The van der Waals surface area contributed by atoms with Gasteiger partial charge in [-0.15, -0.1) is 0 Å². The molecule has 0 fully saturated rings. The van der Waals surface area contributed by atoms with Crippen LogP contribution in [0.1, 0.15) is 30.6 Å². The average Bonchev–Trinajstić information content (AvgIpc) is 2.34. The molecule has 1 aromatic rings. The molecular formula is C14H17NO3. The van der Waals surface area contributed by atoms with Gasteiger partial charge in [-0.05, 0) is 32.4 Å². The highest BCUT2D eigenvalue weighted by Gasteiger charge is 2.19. The van der Waals surface area contributed by atoms with Gasteiger partial charge in [-0.1, -0.05) is 29.8 Å². The number of carbonyl (C=O) groups is 2. The second-order valence-electron chi connectivity index (χ2n) is 4.25. The molecule has 1 aromatic carbocycles. The highest BCUT2D eigenvalue weighted by Crippen LogP contribution is 2.03. The first kappa shape index (κ1) is 14.0. The Morgan fingerprint density at radius 1 is 1.28 bits per heavy atom. The summed E-state index contributed by atoms with van der Waals surface area (Å²) in [5.74, 6) is -1.40. The lowest BCUT2D eigenvalue weighted by Gasteiger charge is -2.12. The number of carboxylic acid groups (broad SMARTS) is 1. The minimum atomic E-state index is -1.03. The van der Waals surface area contributed by atoms with E-state index in [9.17, 15) is 9.59 Å². The lowest BCUT2D eigenvalue weighted by molar-refractivity contribution is -0.139. The summed E-state index contributed by atoms with van der Waals surface area (Å²) in [6.07, 6.45) is 2.08. The van der Waals surface area contributed by atoms with Crippen molar-refractivity contribution in [3.63, 3.8) is 0 Å². The van der Waals surface area contributed by atoms with E-state index in [0.717, 1.165) is 5.57 Å². The van der Waals surface area contributed by atoms with E-state index in [4.69, 9.17) is 5.11 Å². The number of allylic oxidation sites excluding steroid dienone is 1. The topological polar surface area (TPSA) is 66.4 Å². The van der Waals surface area contributed by atoms with E-state index in [-0.39, 0.29) is 12.3 Å². The predicted octanol–water partition coefficient (Wildman–Crippen LogP) is 2.23. The molecule has 1 atom stereocenters. The number of amides is 1. The SMILES string of the molecule is CC(C)=CCC(NC(=O)c1ccccc1)C(=O)O. The van der Waals surface area contributed by atoms with Gasteiger partial charge in [0.2, 0.25) is 0 Å². The molecular weight excluding hydrogens is 230 g/mol. The fraction of sp³-hybridized carbons (Fsp3) is 0.286. The van der Waals surface area contributed by atoms with Gasteiger partial charge in [0.15, 0.2) is 0 Å². The monoisotopic (exact) mass is 247 g/mol. The molecule has 0 aliphatic carbocycles. The molecule has 0 saturated heterocycles. The van der Waals surface area contributed by atoms with Crippen molar-refractivity contribution in [1.29, 1.82) is 0 Å². The van der Waals surface area contributed by atoms with Crippen LogP contribution in [-0.4, -0.2) is 23.0 Å². The number of hydrogen-bond acceptors (Lipinski definition) is 2. The van der Waals surface area contributed by atoms with Crippen LogP contribution in [0.3, 0.4) is 0 Å². The number of benzene rings is 1. The van der Waals surface area contributed by atoms with Crippen LogP contribution in [-0.2, 0) is 4.79 Å². The molecule has 18 heavy (non-hydrogen) atoms. The molecule has 0 heterocycles. The van der Waals surface area contributed by atoms with Crippen LogP contribution >= 0.6 is 0 Å². The van der Waals surface area contributed by atoms with Gasteiger partial charge in [0.1, 0.15) is 6.04 Å². The van der Waals surface area contributed by atoms with Crippen molar-refractivity contribution in [2.24, 2.45) is 0 Å². The van der Waals surface area contributed by atoms with Gasteiger partial charge >= 0.3 is 5.97 Å². The molecule has 0 saturated carbocycles. The molecule has 2 N–H and O–H groups in total. The van der Waals surface area contributed by atoms with Crippen LogP contribution in [0.2, 0.25) is 0 Å². The molecule has 0 radical (unpaired) electrons. The second-order valence-corrected chi connectivity index (χ2v) is 4.25. The van der Waals surface area contributed by atoms with Gasteiger partial charge < -0.3 is 10.4 Å². The molecule has 0 bridgehead atoms. The smallest absolute Gasteiger partial charge is 0.326 e. The van der Waals surface area contributed by atoms with E-state index in [0.29, 0.717) is 5.56 Å². The van der Waals surface area contributed by atoms with Crippen molar-refractivity contribution >= 4 is 11.9 Å². The fourth-order valence-electron chi connectivity index (χ4n) is 1.41. The van der Waals surface area contributed by atoms with E-state index in [1.54, 1.807) is 36.4 Å². The Labute approximate surface area is 106 Å². The summed E-state index contributed by atoms with van der Waals surface area (Å²) in [4.78, 5) is 22.8. The van der Waals surface area contributed by atoms with Crippen LogP contribution in [0.15, 0.2) is 42.0 Å². The van der Waals surface area contributed by atoms with Crippen LogP contribution in [0.5, 0.6) is 0 Å². The number of nitrogens with one attached hydrogen (secondary N) is 1. The third-order valence-corrected chi connectivity index (χ3v) is 2.40. The Balaban J connectivity index is 2.70. The molecule has 0 aromatic heterocycles. The number of hydrogen-bond donors (Lipinski definition) is 2. The molecule has 0 aliphatic heterocycles. The van der Waals surface area contributed by atoms with Crippen molar-refractivity contribution < 1.29 is 14.7 Å². The first-order chi connectivity index (χ1) is 8.50. The number of carbonyl (C=O) groups excluding carboxylic acids is 1. The van der Waals surface area contributed by atoms with E-state index in [1.807, 2.05) is 13.8 Å². The number of carboxylic acids is 1. The quantitative estimate of drug-likeness (QED) is 0.784. The Kier molecular flexibility index (Phi) is 5.11. The van der Waals surface area contributed by atoms with Crippen molar-refractivity contribution in [3.8, 4) is 0 Å². The van der Waals surface area contributed by atoms with E-state index < -0.39 is 12.0 Å². The molecule has 4 heteroatoms. The zero-order valence-corrected chi connectivity index (χ0v) is 10.5.